The van der Waals surface area contributed by atoms with Gasteiger partial charge in [-0.25, -0.2) is 4.39 Å². The quantitative estimate of drug-likeness (QED) is 0.736. The van der Waals surface area contributed by atoms with Crippen LogP contribution in [0.5, 0.6) is 0 Å². The molecular formula is C20H27BFNO3. The van der Waals surface area contributed by atoms with Crippen LogP contribution in [0.1, 0.15) is 45.9 Å². The van der Waals surface area contributed by atoms with Crippen LogP contribution in [0.25, 0.3) is 0 Å². The minimum atomic E-state index is -0.576. The van der Waals surface area contributed by atoms with Crippen molar-refractivity contribution in [3.63, 3.8) is 0 Å². The van der Waals surface area contributed by atoms with Crippen LogP contribution in [-0.4, -0.2) is 29.8 Å². The molecule has 1 aliphatic heterocycles. The topological polar surface area (TPSA) is 34.8 Å². The van der Waals surface area contributed by atoms with Gasteiger partial charge in [-0.05, 0) is 69.5 Å². The molecule has 1 fully saturated rings. The SMILES string of the molecule is CCN(Cc1ccco1)Cc1ccc(F)cc1B1OC(C)(C)C(C)(C)O1. The maximum absolute atomic E-state index is 14.0. The number of hydrogen-bond acceptors (Lipinski definition) is 4. The van der Waals surface area contributed by atoms with Gasteiger partial charge in [0, 0.05) is 6.54 Å². The van der Waals surface area contributed by atoms with E-state index in [9.17, 15) is 4.39 Å². The molecule has 4 nitrogen and oxygen atoms in total. The van der Waals surface area contributed by atoms with E-state index in [4.69, 9.17) is 13.7 Å². The van der Waals surface area contributed by atoms with Crippen LogP contribution in [0.15, 0.2) is 41.0 Å². The molecule has 0 unspecified atom stereocenters. The molecule has 1 aromatic carbocycles. The van der Waals surface area contributed by atoms with Gasteiger partial charge in [-0.15, -0.1) is 0 Å². The second-order valence-corrected chi connectivity index (χ2v) is 7.81. The fourth-order valence-electron chi connectivity index (χ4n) is 3.04. The number of benzene rings is 1. The molecule has 2 heterocycles. The number of nitrogens with zero attached hydrogens (tertiary/aromatic N) is 1. The molecule has 140 valence electrons. The summed E-state index contributed by atoms with van der Waals surface area (Å²) in [5.41, 5.74) is 0.833. The molecule has 0 amide bonds. The summed E-state index contributed by atoms with van der Waals surface area (Å²) in [4.78, 5) is 2.24. The standard InChI is InChI=1S/C20H27BFNO3/c1-6-23(14-17-8-7-11-24-17)13-15-9-10-16(22)12-18(15)21-25-19(2,3)20(4,5)26-21/h7-12H,6,13-14H2,1-5H3. The predicted octanol–water partition coefficient (Wildman–Crippen LogP) is 3.74. The Labute approximate surface area is 155 Å². The summed E-state index contributed by atoms with van der Waals surface area (Å²) in [6.07, 6.45) is 1.68. The number of furan rings is 1. The Bertz CT molecular complexity index is 730. The van der Waals surface area contributed by atoms with Crippen molar-refractivity contribution in [3.05, 3.63) is 53.7 Å². The van der Waals surface area contributed by atoms with Crippen LogP contribution in [0, 0.1) is 5.82 Å². The Balaban J connectivity index is 1.84. The second kappa shape index (κ2) is 7.18. The highest BCUT2D eigenvalue weighted by atomic mass is 19.1. The summed E-state index contributed by atoms with van der Waals surface area (Å²) in [6, 6.07) is 8.68. The fourth-order valence-corrected chi connectivity index (χ4v) is 3.04. The van der Waals surface area contributed by atoms with Gasteiger partial charge in [-0.1, -0.05) is 13.0 Å². The summed E-state index contributed by atoms with van der Waals surface area (Å²) in [5.74, 6) is 0.624. The van der Waals surface area contributed by atoms with E-state index in [1.807, 2.05) is 45.9 Å². The number of halogens is 1. The Morgan fingerprint density at radius 1 is 1.04 bits per heavy atom. The van der Waals surface area contributed by atoms with E-state index in [2.05, 4.69) is 11.8 Å². The van der Waals surface area contributed by atoms with E-state index in [1.165, 1.54) is 12.1 Å². The first-order chi connectivity index (χ1) is 12.2. The lowest BCUT2D eigenvalue weighted by Gasteiger charge is -2.32. The predicted molar refractivity (Wildman–Crippen MR) is 101 cm³/mol. The maximum Gasteiger partial charge on any atom is 0.495 e. The van der Waals surface area contributed by atoms with E-state index in [0.717, 1.165) is 23.3 Å². The molecule has 2 aromatic rings. The Morgan fingerprint density at radius 2 is 1.73 bits per heavy atom. The smallest absolute Gasteiger partial charge is 0.468 e. The second-order valence-electron chi connectivity index (χ2n) is 7.81. The highest BCUT2D eigenvalue weighted by Crippen LogP contribution is 2.36. The summed E-state index contributed by atoms with van der Waals surface area (Å²) >= 11 is 0. The minimum Gasteiger partial charge on any atom is -0.468 e. The van der Waals surface area contributed by atoms with Crippen molar-refractivity contribution in [2.75, 3.05) is 6.54 Å². The average Bonchev–Trinajstić information content (AvgIpc) is 3.14. The van der Waals surface area contributed by atoms with Crippen molar-refractivity contribution >= 4 is 12.6 Å². The highest BCUT2D eigenvalue weighted by molar-refractivity contribution is 6.62. The van der Waals surface area contributed by atoms with Crippen LogP contribution in [0.4, 0.5) is 4.39 Å². The fraction of sp³-hybridized carbons (Fsp3) is 0.500. The third kappa shape index (κ3) is 3.87. The van der Waals surface area contributed by atoms with Crippen LogP contribution < -0.4 is 5.46 Å². The molecule has 0 spiro atoms. The van der Waals surface area contributed by atoms with E-state index >= 15 is 0 Å². The molecule has 1 saturated heterocycles. The molecule has 1 aromatic heterocycles. The normalized spacial score (nSPS) is 18.7. The average molecular weight is 359 g/mol. The zero-order chi connectivity index (χ0) is 18.9. The summed E-state index contributed by atoms with van der Waals surface area (Å²) < 4.78 is 31.7. The van der Waals surface area contributed by atoms with Gasteiger partial charge in [0.15, 0.2) is 0 Å². The lowest BCUT2D eigenvalue weighted by Crippen LogP contribution is -2.41. The lowest BCUT2D eigenvalue weighted by atomic mass is 9.75. The van der Waals surface area contributed by atoms with Crippen LogP contribution in [0.3, 0.4) is 0 Å². The summed E-state index contributed by atoms with van der Waals surface area (Å²) in [7, 11) is -0.576. The van der Waals surface area contributed by atoms with Crippen molar-refractivity contribution in [1.82, 2.24) is 4.90 Å². The van der Waals surface area contributed by atoms with Gasteiger partial charge < -0.3 is 13.7 Å². The number of hydrogen-bond donors (Lipinski definition) is 0. The minimum absolute atomic E-state index is 0.285. The lowest BCUT2D eigenvalue weighted by molar-refractivity contribution is 0.00578. The molecule has 26 heavy (non-hydrogen) atoms. The first kappa shape index (κ1) is 19.1. The molecular weight excluding hydrogens is 332 g/mol. The maximum atomic E-state index is 14.0. The van der Waals surface area contributed by atoms with Crippen molar-refractivity contribution in [2.24, 2.45) is 0 Å². The summed E-state index contributed by atoms with van der Waals surface area (Å²) in [5, 5.41) is 0. The first-order valence-corrected chi connectivity index (χ1v) is 9.10. The molecule has 1 aliphatic rings. The first-order valence-electron chi connectivity index (χ1n) is 9.10. The third-order valence-electron chi connectivity index (χ3n) is 5.42. The zero-order valence-corrected chi connectivity index (χ0v) is 16.2. The van der Waals surface area contributed by atoms with Crippen LogP contribution in [0.2, 0.25) is 0 Å². The Hall–Kier alpha value is -1.63. The highest BCUT2D eigenvalue weighted by Gasteiger charge is 2.52. The van der Waals surface area contributed by atoms with Crippen molar-refractivity contribution < 1.29 is 18.1 Å². The third-order valence-corrected chi connectivity index (χ3v) is 5.42. The van der Waals surface area contributed by atoms with Gasteiger partial charge in [0.05, 0.1) is 24.0 Å². The van der Waals surface area contributed by atoms with E-state index in [1.54, 1.807) is 6.26 Å². The molecule has 3 rings (SSSR count). The summed E-state index contributed by atoms with van der Waals surface area (Å²) in [6.45, 7) is 12.3. The largest absolute Gasteiger partial charge is 0.495 e. The van der Waals surface area contributed by atoms with Gasteiger partial charge in [0.2, 0.25) is 0 Å². The molecule has 0 bridgehead atoms. The van der Waals surface area contributed by atoms with Gasteiger partial charge in [-0.2, -0.15) is 0 Å². The van der Waals surface area contributed by atoms with Gasteiger partial charge in [0.25, 0.3) is 0 Å². The molecule has 0 saturated carbocycles. The monoisotopic (exact) mass is 359 g/mol. The molecule has 0 aliphatic carbocycles. The Morgan fingerprint density at radius 3 is 2.31 bits per heavy atom. The molecule has 0 atom stereocenters. The molecule has 0 radical (unpaired) electrons. The van der Waals surface area contributed by atoms with Crippen molar-refractivity contribution in [1.29, 1.82) is 0 Å². The Kier molecular flexibility index (Phi) is 5.29. The molecule has 0 N–H and O–H groups in total. The van der Waals surface area contributed by atoms with Gasteiger partial charge >= 0.3 is 7.12 Å². The van der Waals surface area contributed by atoms with Crippen LogP contribution in [-0.2, 0) is 22.4 Å². The number of rotatable bonds is 6. The van der Waals surface area contributed by atoms with Gasteiger partial charge in [-0.3, -0.25) is 4.90 Å². The van der Waals surface area contributed by atoms with Crippen LogP contribution >= 0.6 is 0 Å². The van der Waals surface area contributed by atoms with Crippen molar-refractivity contribution in [3.8, 4) is 0 Å². The van der Waals surface area contributed by atoms with E-state index in [0.29, 0.717) is 13.1 Å². The van der Waals surface area contributed by atoms with Crippen molar-refractivity contribution in [2.45, 2.75) is 58.9 Å². The zero-order valence-electron chi connectivity index (χ0n) is 16.2. The van der Waals surface area contributed by atoms with E-state index < -0.39 is 18.3 Å². The van der Waals surface area contributed by atoms with E-state index in [-0.39, 0.29) is 5.82 Å². The van der Waals surface area contributed by atoms with Gasteiger partial charge in [0.1, 0.15) is 11.6 Å². The molecule has 6 heteroatoms.